The smallest absolute Gasteiger partial charge is 0.258 e. The molecule has 2 amide bonds. The van der Waals surface area contributed by atoms with E-state index in [2.05, 4.69) is 21.5 Å². The Morgan fingerprint density at radius 2 is 1.63 bits per heavy atom. The van der Waals surface area contributed by atoms with E-state index in [4.69, 9.17) is 28.6 Å². The minimum atomic E-state index is -0.446. The van der Waals surface area contributed by atoms with Crippen molar-refractivity contribution in [2.75, 3.05) is 13.2 Å². The van der Waals surface area contributed by atoms with Gasteiger partial charge in [0.25, 0.3) is 11.8 Å². The number of halogens is 1. The SMILES string of the molecule is O=C(COc1ccc(Cl)cc1)NCC(=O)NNC(=S)NCc1ccccc1. The third kappa shape index (κ3) is 8.39. The molecule has 0 aliphatic carbocycles. The summed E-state index contributed by atoms with van der Waals surface area (Å²) in [7, 11) is 0. The molecule has 0 bridgehead atoms. The summed E-state index contributed by atoms with van der Waals surface area (Å²) >= 11 is 10.8. The first-order valence-corrected chi connectivity index (χ1v) is 8.83. The summed E-state index contributed by atoms with van der Waals surface area (Å²) in [5, 5.41) is 6.23. The van der Waals surface area contributed by atoms with Crippen molar-refractivity contribution in [1.82, 2.24) is 21.5 Å². The van der Waals surface area contributed by atoms with E-state index in [9.17, 15) is 9.59 Å². The molecule has 0 unspecified atom stereocenters. The summed E-state index contributed by atoms with van der Waals surface area (Å²) in [6, 6.07) is 16.3. The maximum absolute atomic E-state index is 11.7. The van der Waals surface area contributed by atoms with Crippen LogP contribution in [-0.4, -0.2) is 30.1 Å². The molecule has 142 valence electrons. The molecular weight excluding hydrogens is 388 g/mol. The number of hydrogen-bond acceptors (Lipinski definition) is 4. The van der Waals surface area contributed by atoms with E-state index in [1.165, 1.54) is 0 Å². The van der Waals surface area contributed by atoms with Gasteiger partial charge >= 0.3 is 0 Å². The number of hydrazine groups is 1. The van der Waals surface area contributed by atoms with Crippen LogP contribution in [0.5, 0.6) is 5.75 Å². The topological polar surface area (TPSA) is 91.5 Å². The van der Waals surface area contributed by atoms with Gasteiger partial charge in [-0.3, -0.25) is 20.4 Å². The standard InChI is InChI=1S/C18H19ClN4O3S/c19-14-6-8-15(9-7-14)26-12-17(25)20-11-16(24)22-23-18(27)21-10-13-4-2-1-3-5-13/h1-9H,10-12H2,(H,20,25)(H,22,24)(H2,21,23,27). The number of rotatable bonds is 7. The summed E-state index contributed by atoms with van der Waals surface area (Å²) in [4.78, 5) is 23.4. The minimum Gasteiger partial charge on any atom is -0.484 e. The monoisotopic (exact) mass is 406 g/mol. The molecule has 0 aliphatic heterocycles. The molecule has 0 aromatic heterocycles. The molecule has 0 radical (unpaired) electrons. The molecule has 0 fully saturated rings. The van der Waals surface area contributed by atoms with Crippen molar-refractivity contribution >= 4 is 40.7 Å². The Kier molecular flexibility index (Phi) is 8.34. The first-order valence-electron chi connectivity index (χ1n) is 8.04. The van der Waals surface area contributed by atoms with Gasteiger partial charge in [-0.25, -0.2) is 0 Å². The molecule has 0 atom stereocenters. The van der Waals surface area contributed by atoms with Crippen LogP contribution >= 0.6 is 23.8 Å². The zero-order valence-corrected chi connectivity index (χ0v) is 15.9. The predicted molar refractivity (Wildman–Crippen MR) is 107 cm³/mol. The largest absolute Gasteiger partial charge is 0.484 e. The van der Waals surface area contributed by atoms with Gasteiger partial charge in [0.05, 0.1) is 6.54 Å². The number of ether oxygens (including phenoxy) is 1. The van der Waals surface area contributed by atoms with Gasteiger partial charge in [0.1, 0.15) is 5.75 Å². The maximum Gasteiger partial charge on any atom is 0.258 e. The van der Waals surface area contributed by atoms with Gasteiger partial charge in [0, 0.05) is 11.6 Å². The van der Waals surface area contributed by atoms with Gasteiger partial charge < -0.3 is 15.4 Å². The number of benzene rings is 2. The average Bonchev–Trinajstić information content (AvgIpc) is 2.69. The van der Waals surface area contributed by atoms with Crippen molar-refractivity contribution in [2.45, 2.75) is 6.54 Å². The third-order valence-electron chi connectivity index (χ3n) is 3.24. The van der Waals surface area contributed by atoms with Gasteiger partial charge in [-0.05, 0) is 42.0 Å². The molecule has 0 saturated heterocycles. The minimum absolute atomic E-state index is 0.209. The highest BCUT2D eigenvalue weighted by Gasteiger charge is 2.07. The summed E-state index contributed by atoms with van der Waals surface area (Å²) in [6.45, 7) is 0.109. The van der Waals surface area contributed by atoms with Gasteiger partial charge in [-0.15, -0.1) is 0 Å². The van der Waals surface area contributed by atoms with Crippen LogP contribution in [0.2, 0.25) is 5.02 Å². The molecule has 0 spiro atoms. The molecule has 7 nitrogen and oxygen atoms in total. The highest BCUT2D eigenvalue weighted by atomic mass is 35.5. The van der Waals surface area contributed by atoms with Crippen LogP contribution in [0.3, 0.4) is 0 Å². The average molecular weight is 407 g/mol. The highest BCUT2D eigenvalue weighted by Crippen LogP contribution is 2.15. The van der Waals surface area contributed by atoms with Crippen LogP contribution in [0.15, 0.2) is 54.6 Å². The van der Waals surface area contributed by atoms with Crippen LogP contribution in [0.4, 0.5) is 0 Å². The van der Waals surface area contributed by atoms with Gasteiger partial charge in [0.15, 0.2) is 11.7 Å². The van der Waals surface area contributed by atoms with Crippen molar-refractivity contribution in [2.24, 2.45) is 0 Å². The van der Waals surface area contributed by atoms with Crippen LogP contribution in [0.25, 0.3) is 0 Å². The van der Waals surface area contributed by atoms with Crippen molar-refractivity contribution in [3.05, 3.63) is 65.2 Å². The van der Waals surface area contributed by atoms with Crippen LogP contribution in [-0.2, 0) is 16.1 Å². The second kappa shape index (κ2) is 11.0. The van der Waals surface area contributed by atoms with E-state index >= 15 is 0 Å². The Morgan fingerprint density at radius 1 is 0.926 bits per heavy atom. The van der Waals surface area contributed by atoms with Crippen molar-refractivity contribution in [3.8, 4) is 5.75 Å². The Labute approximate surface area is 167 Å². The Hall–Kier alpha value is -2.84. The summed E-state index contributed by atoms with van der Waals surface area (Å²) in [5.74, 6) is -0.362. The second-order valence-corrected chi connectivity index (χ2v) is 6.21. The molecule has 2 aromatic rings. The molecule has 4 N–H and O–H groups in total. The van der Waals surface area contributed by atoms with Gasteiger partial charge in [-0.1, -0.05) is 41.9 Å². The molecule has 0 heterocycles. The number of nitrogens with one attached hydrogen (secondary N) is 4. The summed E-state index contributed by atoms with van der Waals surface area (Å²) in [5.41, 5.74) is 6.01. The van der Waals surface area contributed by atoms with Crippen molar-refractivity contribution < 1.29 is 14.3 Å². The molecule has 0 aliphatic rings. The van der Waals surface area contributed by atoms with Crippen molar-refractivity contribution in [1.29, 1.82) is 0 Å². The number of carbonyl (C=O) groups excluding carboxylic acids is 2. The van der Waals surface area contributed by atoms with E-state index in [1.54, 1.807) is 24.3 Å². The van der Waals surface area contributed by atoms with E-state index < -0.39 is 11.8 Å². The maximum atomic E-state index is 11.7. The number of carbonyl (C=O) groups is 2. The molecule has 9 heteroatoms. The van der Waals surface area contributed by atoms with Gasteiger partial charge in [0.2, 0.25) is 0 Å². The first kappa shape index (κ1) is 20.5. The second-order valence-electron chi connectivity index (χ2n) is 5.36. The van der Waals surface area contributed by atoms with E-state index in [1.807, 2.05) is 30.3 Å². The van der Waals surface area contributed by atoms with Gasteiger partial charge in [-0.2, -0.15) is 0 Å². The molecule has 0 saturated carbocycles. The quantitative estimate of drug-likeness (QED) is 0.412. The van der Waals surface area contributed by atoms with Crippen LogP contribution in [0.1, 0.15) is 5.56 Å². The summed E-state index contributed by atoms with van der Waals surface area (Å²) in [6.07, 6.45) is 0. The fourth-order valence-electron chi connectivity index (χ4n) is 1.90. The fourth-order valence-corrected chi connectivity index (χ4v) is 2.15. The lowest BCUT2D eigenvalue weighted by atomic mass is 10.2. The first-order chi connectivity index (χ1) is 13.0. The van der Waals surface area contributed by atoms with E-state index in [-0.39, 0.29) is 18.3 Å². The normalized spacial score (nSPS) is 9.81. The zero-order valence-electron chi connectivity index (χ0n) is 14.3. The predicted octanol–water partition coefficient (Wildman–Crippen LogP) is 1.53. The van der Waals surface area contributed by atoms with E-state index in [0.29, 0.717) is 17.3 Å². The number of thiocarbonyl (C=S) groups is 1. The fraction of sp³-hybridized carbons (Fsp3) is 0.167. The lowest BCUT2D eigenvalue weighted by Gasteiger charge is -2.12. The molecular formula is C18H19ClN4O3S. The Morgan fingerprint density at radius 3 is 2.33 bits per heavy atom. The summed E-state index contributed by atoms with van der Waals surface area (Å²) < 4.78 is 5.28. The van der Waals surface area contributed by atoms with Crippen LogP contribution < -0.4 is 26.2 Å². The Balaban J connectivity index is 1.57. The lowest BCUT2D eigenvalue weighted by Crippen LogP contribution is -2.49. The highest BCUT2D eigenvalue weighted by molar-refractivity contribution is 7.80. The number of hydrogen-bond donors (Lipinski definition) is 4. The lowest BCUT2D eigenvalue weighted by molar-refractivity contribution is -0.127. The molecule has 2 rings (SSSR count). The van der Waals surface area contributed by atoms with E-state index in [0.717, 1.165) is 5.56 Å². The molecule has 27 heavy (non-hydrogen) atoms. The Bertz CT molecular complexity index is 772. The third-order valence-corrected chi connectivity index (χ3v) is 3.74. The van der Waals surface area contributed by atoms with Crippen molar-refractivity contribution in [3.63, 3.8) is 0 Å². The number of amides is 2. The zero-order chi connectivity index (χ0) is 19.5. The molecule has 2 aromatic carbocycles. The van der Waals surface area contributed by atoms with Crippen LogP contribution in [0, 0.1) is 0 Å².